The number of aromatic hydroxyl groups is 1. The first-order chi connectivity index (χ1) is 9.75. The maximum absolute atomic E-state index is 10.00. The molecule has 1 N–H and O–H groups in total. The van der Waals surface area contributed by atoms with E-state index in [0.29, 0.717) is 11.7 Å². The molecule has 0 radical (unpaired) electrons. The minimum atomic E-state index is 0.268. The lowest BCUT2D eigenvalue weighted by Crippen LogP contribution is -2.24. The zero-order valence-electron chi connectivity index (χ0n) is 11.9. The Morgan fingerprint density at radius 3 is 2.50 bits per heavy atom. The van der Waals surface area contributed by atoms with E-state index in [0.717, 1.165) is 18.7 Å². The van der Waals surface area contributed by atoms with Crippen LogP contribution < -0.4 is 0 Å². The van der Waals surface area contributed by atoms with E-state index in [4.69, 9.17) is 0 Å². The minimum absolute atomic E-state index is 0.268. The molecular weight excluding hydrogens is 246 g/mol. The number of likely N-dealkylation sites (tertiary alicyclic amines) is 1. The third kappa shape index (κ3) is 2.56. The summed E-state index contributed by atoms with van der Waals surface area (Å²) in [5.74, 6) is 1.02. The van der Waals surface area contributed by atoms with E-state index in [1.807, 2.05) is 18.2 Å². The first-order valence-electron chi connectivity index (χ1n) is 7.32. The third-order valence-corrected chi connectivity index (χ3v) is 4.43. The Bertz CT molecular complexity index is 567. The Labute approximate surface area is 120 Å². The molecule has 1 heterocycles. The number of hydrogen-bond donors (Lipinski definition) is 1. The summed E-state index contributed by atoms with van der Waals surface area (Å²) in [6.45, 7) is 4.34. The second-order valence-corrected chi connectivity index (χ2v) is 5.63. The van der Waals surface area contributed by atoms with Crippen LogP contribution in [0.2, 0.25) is 0 Å². The molecule has 0 saturated carbocycles. The van der Waals surface area contributed by atoms with Crippen molar-refractivity contribution in [3.05, 3.63) is 65.7 Å². The normalized spacial score (nSPS) is 20.9. The molecule has 0 spiro atoms. The summed E-state index contributed by atoms with van der Waals surface area (Å²) >= 11 is 0. The lowest BCUT2D eigenvalue weighted by atomic mass is 9.98. The van der Waals surface area contributed by atoms with Gasteiger partial charge in [-0.1, -0.05) is 48.5 Å². The van der Waals surface area contributed by atoms with Crippen LogP contribution in [0.3, 0.4) is 0 Å². The zero-order chi connectivity index (χ0) is 13.9. The van der Waals surface area contributed by atoms with Crippen LogP contribution in [0.4, 0.5) is 0 Å². The highest BCUT2D eigenvalue weighted by atomic mass is 16.3. The van der Waals surface area contributed by atoms with E-state index >= 15 is 0 Å². The molecule has 2 aromatic carbocycles. The van der Waals surface area contributed by atoms with Crippen LogP contribution in [0.25, 0.3) is 0 Å². The van der Waals surface area contributed by atoms with Crippen LogP contribution in [0.1, 0.15) is 36.4 Å². The van der Waals surface area contributed by atoms with Crippen LogP contribution in [0.5, 0.6) is 5.75 Å². The molecule has 2 nitrogen and oxygen atoms in total. The molecule has 1 fully saturated rings. The predicted octanol–water partition coefficient (Wildman–Crippen LogP) is 3.94. The molecule has 1 saturated heterocycles. The van der Waals surface area contributed by atoms with Gasteiger partial charge in [-0.15, -0.1) is 0 Å². The summed E-state index contributed by atoms with van der Waals surface area (Å²) in [6.07, 6.45) is 1.20. The largest absolute Gasteiger partial charge is 0.508 e. The number of hydrogen-bond acceptors (Lipinski definition) is 2. The molecule has 2 unspecified atom stereocenters. The van der Waals surface area contributed by atoms with E-state index in [2.05, 4.69) is 42.2 Å². The predicted molar refractivity (Wildman–Crippen MR) is 81.9 cm³/mol. The molecule has 1 aliphatic rings. The standard InChI is InChI=1S/C18H21NO/c1-14(17-9-5-6-10-18(17)20)19-12-11-16(13-19)15-7-3-2-4-8-15/h2-10,14,16,20H,11-13H2,1H3. The van der Waals surface area contributed by atoms with Crippen LogP contribution in [0, 0.1) is 0 Å². The van der Waals surface area contributed by atoms with Crippen LogP contribution in [-0.4, -0.2) is 23.1 Å². The summed E-state index contributed by atoms with van der Waals surface area (Å²) in [5, 5.41) is 10.00. The van der Waals surface area contributed by atoms with Crippen molar-refractivity contribution in [3.8, 4) is 5.75 Å². The quantitative estimate of drug-likeness (QED) is 0.910. The van der Waals surface area contributed by atoms with Gasteiger partial charge in [-0.25, -0.2) is 0 Å². The highest BCUT2D eigenvalue weighted by Gasteiger charge is 2.28. The highest BCUT2D eigenvalue weighted by molar-refractivity contribution is 5.34. The maximum Gasteiger partial charge on any atom is 0.120 e. The highest BCUT2D eigenvalue weighted by Crippen LogP contribution is 2.35. The zero-order valence-corrected chi connectivity index (χ0v) is 11.9. The van der Waals surface area contributed by atoms with Gasteiger partial charge in [0.05, 0.1) is 0 Å². The molecule has 0 amide bonds. The van der Waals surface area contributed by atoms with Gasteiger partial charge in [0, 0.05) is 18.2 Å². The van der Waals surface area contributed by atoms with Gasteiger partial charge in [0.2, 0.25) is 0 Å². The fraction of sp³-hybridized carbons (Fsp3) is 0.333. The van der Waals surface area contributed by atoms with Gasteiger partial charge < -0.3 is 5.11 Å². The van der Waals surface area contributed by atoms with E-state index < -0.39 is 0 Å². The van der Waals surface area contributed by atoms with E-state index in [1.54, 1.807) is 6.07 Å². The molecule has 2 heteroatoms. The second kappa shape index (κ2) is 5.68. The third-order valence-electron chi connectivity index (χ3n) is 4.43. The lowest BCUT2D eigenvalue weighted by molar-refractivity contribution is 0.254. The van der Waals surface area contributed by atoms with Gasteiger partial charge >= 0.3 is 0 Å². The fourth-order valence-corrected chi connectivity index (χ4v) is 3.17. The molecule has 0 aromatic heterocycles. The van der Waals surface area contributed by atoms with Crippen molar-refractivity contribution in [2.24, 2.45) is 0 Å². The van der Waals surface area contributed by atoms with Gasteiger partial charge in [-0.3, -0.25) is 4.90 Å². The number of rotatable bonds is 3. The molecule has 0 aliphatic carbocycles. The number of benzene rings is 2. The van der Waals surface area contributed by atoms with Gasteiger partial charge in [-0.2, -0.15) is 0 Å². The number of phenols is 1. The van der Waals surface area contributed by atoms with Crippen molar-refractivity contribution in [3.63, 3.8) is 0 Å². The molecule has 2 aromatic rings. The Hall–Kier alpha value is -1.80. The second-order valence-electron chi connectivity index (χ2n) is 5.63. The van der Waals surface area contributed by atoms with Gasteiger partial charge in [0.25, 0.3) is 0 Å². The number of phenolic OH excluding ortho intramolecular Hbond substituents is 1. The fourth-order valence-electron chi connectivity index (χ4n) is 3.17. The minimum Gasteiger partial charge on any atom is -0.508 e. The van der Waals surface area contributed by atoms with Gasteiger partial charge in [0.15, 0.2) is 0 Å². The van der Waals surface area contributed by atoms with Crippen molar-refractivity contribution in [1.29, 1.82) is 0 Å². The maximum atomic E-state index is 10.00. The summed E-state index contributed by atoms with van der Waals surface area (Å²) in [6, 6.07) is 18.7. The molecule has 1 aliphatic heterocycles. The molecule has 3 rings (SSSR count). The molecule has 0 bridgehead atoms. The molecule has 104 valence electrons. The topological polar surface area (TPSA) is 23.5 Å². The summed E-state index contributed by atoms with van der Waals surface area (Å²) in [4.78, 5) is 2.46. The summed E-state index contributed by atoms with van der Waals surface area (Å²) in [7, 11) is 0. The van der Waals surface area contributed by atoms with Crippen molar-refractivity contribution < 1.29 is 5.11 Å². The van der Waals surface area contributed by atoms with E-state index in [-0.39, 0.29) is 6.04 Å². The van der Waals surface area contributed by atoms with Crippen molar-refractivity contribution >= 4 is 0 Å². The Balaban J connectivity index is 1.73. The first kappa shape index (κ1) is 13.2. The van der Waals surface area contributed by atoms with Crippen LogP contribution in [-0.2, 0) is 0 Å². The Kier molecular flexibility index (Phi) is 3.75. The van der Waals surface area contributed by atoms with Gasteiger partial charge in [0.1, 0.15) is 5.75 Å². The van der Waals surface area contributed by atoms with E-state index in [9.17, 15) is 5.11 Å². The molecule has 20 heavy (non-hydrogen) atoms. The van der Waals surface area contributed by atoms with E-state index in [1.165, 1.54) is 12.0 Å². The average molecular weight is 267 g/mol. The lowest BCUT2D eigenvalue weighted by Gasteiger charge is -2.25. The number of para-hydroxylation sites is 1. The van der Waals surface area contributed by atoms with Crippen molar-refractivity contribution in [2.75, 3.05) is 13.1 Å². The van der Waals surface area contributed by atoms with Crippen molar-refractivity contribution in [1.82, 2.24) is 4.90 Å². The van der Waals surface area contributed by atoms with Crippen molar-refractivity contribution in [2.45, 2.75) is 25.3 Å². The SMILES string of the molecule is CC(c1ccccc1O)N1CCC(c2ccccc2)C1. The smallest absolute Gasteiger partial charge is 0.120 e. The Morgan fingerprint density at radius 2 is 1.75 bits per heavy atom. The average Bonchev–Trinajstić information content (AvgIpc) is 2.98. The summed E-state index contributed by atoms with van der Waals surface area (Å²) in [5.41, 5.74) is 2.46. The van der Waals surface area contributed by atoms with Crippen LogP contribution in [0.15, 0.2) is 54.6 Å². The Morgan fingerprint density at radius 1 is 1.05 bits per heavy atom. The van der Waals surface area contributed by atoms with Crippen LogP contribution >= 0.6 is 0 Å². The van der Waals surface area contributed by atoms with Gasteiger partial charge in [-0.05, 0) is 37.4 Å². The molecular formula is C18H21NO. The number of nitrogens with zero attached hydrogens (tertiary/aromatic N) is 1. The molecule has 2 atom stereocenters. The first-order valence-corrected chi connectivity index (χ1v) is 7.32. The summed E-state index contributed by atoms with van der Waals surface area (Å²) < 4.78 is 0. The monoisotopic (exact) mass is 267 g/mol.